The quantitative estimate of drug-likeness (QED) is 0.912. The predicted molar refractivity (Wildman–Crippen MR) is 73.4 cm³/mol. The summed E-state index contributed by atoms with van der Waals surface area (Å²) >= 11 is 0. The number of nitrogens with one attached hydrogen (secondary N) is 1. The standard InChI is InChI=1S/C16H17FN2/c17-13-8-6-12(7-9-13)11-14-3-1-4-16(19-14)15-5-2-10-18-15/h1,3-4,6-9,15,18H,2,5,10-11H2/t15-/m0/s1. The van der Waals surface area contributed by atoms with Crippen molar-refractivity contribution in [3.8, 4) is 0 Å². The molecule has 1 aromatic carbocycles. The maximum Gasteiger partial charge on any atom is 0.123 e. The van der Waals surface area contributed by atoms with Crippen LogP contribution in [0.4, 0.5) is 4.39 Å². The summed E-state index contributed by atoms with van der Waals surface area (Å²) in [5, 5.41) is 3.46. The minimum absolute atomic E-state index is 0.194. The fraction of sp³-hybridized carbons (Fsp3) is 0.312. The highest BCUT2D eigenvalue weighted by Crippen LogP contribution is 2.21. The van der Waals surface area contributed by atoms with Crippen LogP contribution in [-0.4, -0.2) is 11.5 Å². The highest BCUT2D eigenvalue weighted by atomic mass is 19.1. The van der Waals surface area contributed by atoms with Gasteiger partial charge in [0.2, 0.25) is 0 Å². The van der Waals surface area contributed by atoms with Gasteiger partial charge < -0.3 is 5.32 Å². The largest absolute Gasteiger partial charge is 0.309 e. The second-order valence-corrected chi connectivity index (χ2v) is 5.01. The molecule has 0 radical (unpaired) electrons. The van der Waals surface area contributed by atoms with Gasteiger partial charge >= 0.3 is 0 Å². The zero-order chi connectivity index (χ0) is 13.1. The fourth-order valence-electron chi connectivity index (χ4n) is 2.54. The Morgan fingerprint density at radius 1 is 1.16 bits per heavy atom. The zero-order valence-electron chi connectivity index (χ0n) is 10.8. The Hall–Kier alpha value is -1.74. The van der Waals surface area contributed by atoms with Crippen molar-refractivity contribution < 1.29 is 4.39 Å². The van der Waals surface area contributed by atoms with Crippen molar-refractivity contribution in [2.45, 2.75) is 25.3 Å². The van der Waals surface area contributed by atoms with Crippen LogP contribution < -0.4 is 5.32 Å². The summed E-state index contributed by atoms with van der Waals surface area (Å²) in [6, 6.07) is 13.2. The van der Waals surface area contributed by atoms with Crippen molar-refractivity contribution >= 4 is 0 Å². The SMILES string of the molecule is Fc1ccc(Cc2cccc([C@@H]3CCCN3)n2)cc1. The monoisotopic (exact) mass is 256 g/mol. The number of hydrogen-bond acceptors (Lipinski definition) is 2. The minimum Gasteiger partial charge on any atom is -0.309 e. The summed E-state index contributed by atoms with van der Waals surface area (Å²) in [5.74, 6) is -0.194. The lowest BCUT2D eigenvalue weighted by atomic mass is 10.1. The van der Waals surface area contributed by atoms with E-state index in [1.165, 1.54) is 18.6 Å². The number of rotatable bonds is 3. The highest BCUT2D eigenvalue weighted by molar-refractivity contribution is 5.24. The molecule has 0 amide bonds. The van der Waals surface area contributed by atoms with Crippen molar-refractivity contribution in [2.75, 3.05) is 6.54 Å². The van der Waals surface area contributed by atoms with Crippen LogP contribution in [0.15, 0.2) is 42.5 Å². The van der Waals surface area contributed by atoms with E-state index in [4.69, 9.17) is 4.98 Å². The number of aromatic nitrogens is 1. The summed E-state index contributed by atoms with van der Waals surface area (Å²) in [7, 11) is 0. The number of pyridine rings is 1. The van der Waals surface area contributed by atoms with E-state index >= 15 is 0 Å². The Labute approximate surface area is 112 Å². The maximum atomic E-state index is 12.9. The van der Waals surface area contributed by atoms with Crippen molar-refractivity contribution in [1.82, 2.24) is 10.3 Å². The molecular formula is C16H17FN2. The molecule has 1 aromatic heterocycles. The van der Waals surface area contributed by atoms with Crippen molar-refractivity contribution in [3.63, 3.8) is 0 Å². The molecule has 2 nitrogen and oxygen atoms in total. The first-order chi connectivity index (χ1) is 9.31. The van der Waals surface area contributed by atoms with Crippen molar-refractivity contribution in [2.24, 2.45) is 0 Å². The van der Waals surface area contributed by atoms with Gasteiger partial charge in [-0.3, -0.25) is 4.98 Å². The highest BCUT2D eigenvalue weighted by Gasteiger charge is 2.17. The van der Waals surface area contributed by atoms with Crippen LogP contribution >= 0.6 is 0 Å². The zero-order valence-corrected chi connectivity index (χ0v) is 10.8. The van der Waals surface area contributed by atoms with E-state index in [-0.39, 0.29) is 5.82 Å². The van der Waals surface area contributed by atoms with Crippen molar-refractivity contribution in [3.05, 3.63) is 65.2 Å². The molecule has 1 aliphatic heterocycles. The second-order valence-electron chi connectivity index (χ2n) is 5.01. The smallest absolute Gasteiger partial charge is 0.123 e. The molecule has 0 unspecified atom stereocenters. The van der Waals surface area contributed by atoms with Crippen LogP contribution in [-0.2, 0) is 6.42 Å². The molecule has 1 aliphatic rings. The molecule has 1 atom stereocenters. The van der Waals surface area contributed by atoms with Gasteiger partial charge in [-0.1, -0.05) is 18.2 Å². The topological polar surface area (TPSA) is 24.9 Å². The normalized spacial score (nSPS) is 18.7. The first-order valence-corrected chi connectivity index (χ1v) is 6.75. The molecule has 3 heteroatoms. The Balaban J connectivity index is 1.77. The lowest BCUT2D eigenvalue weighted by Crippen LogP contribution is -2.14. The third kappa shape index (κ3) is 2.99. The Morgan fingerprint density at radius 2 is 2.00 bits per heavy atom. The maximum absolute atomic E-state index is 12.9. The Bertz CT molecular complexity index is 545. The summed E-state index contributed by atoms with van der Waals surface area (Å²) in [6.07, 6.45) is 3.13. The first kappa shape index (κ1) is 12.3. The van der Waals surface area contributed by atoms with Crippen molar-refractivity contribution in [1.29, 1.82) is 0 Å². The van der Waals surface area contributed by atoms with Gasteiger partial charge in [0.15, 0.2) is 0 Å². The van der Waals surface area contributed by atoms with E-state index in [2.05, 4.69) is 17.4 Å². The molecule has 1 N–H and O–H groups in total. The third-order valence-electron chi connectivity index (χ3n) is 3.54. The molecule has 2 aromatic rings. The molecule has 0 bridgehead atoms. The summed E-state index contributed by atoms with van der Waals surface area (Å²) in [4.78, 5) is 4.72. The van der Waals surface area contributed by atoms with Crippen LogP contribution in [0.5, 0.6) is 0 Å². The number of halogens is 1. The van der Waals surface area contributed by atoms with Crippen LogP contribution in [0, 0.1) is 5.82 Å². The molecule has 0 spiro atoms. The van der Waals surface area contributed by atoms with Gasteiger partial charge in [0.1, 0.15) is 5.82 Å². The third-order valence-corrected chi connectivity index (χ3v) is 3.54. The Morgan fingerprint density at radius 3 is 2.74 bits per heavy atom. The predicted octanol–water partition coefficient (Wildman–Crippen LogP) is 3.24. The van der Waals surface area contributed by atoms with E-state index < -0.39 is 0 Å². The minimum atomic E-state index is -0.194. The number of hydrogen-bond donors (Lipinski definition) is 1. The summed E-state index contributed by atoms with van der Waals surface area (Å²) in [5.41, 5.74) is 3.25. The van der Waals surface area contributed by atoms with Crippen LogP contribution in [0.3, 0.4) is 0 Å². The van der Waals surface area contributed by atoms with Crippen LogP contribution in [0.25, 0.3) is 0 Å². The number of nitrogens with zero attached hydrogens (tertiary/aromatic N) is 1. The molecule has 98 valence electrons. The van der Waals surface area contributed by atoms with Gasteiger partial charge in [-0.25, -0.2) is 4.39 Å². The van der Waals surface area contributed by atoms with Gasteiger partial charge in [-0.05, 0) is 49.2 Å². The number of benzene rings is 1. The van der Waals surface area contributed by atoms with E-state index in [0.29, 0.717) is 6.04 Å². The average molecular weight is 256 g/mol. The van der Waals surface area contributed by atoms with Crippen LogP contribution in [0.2, 0.25) is 0 Å². The van der Waals surface area contributed by atoms with Gasteiger partial charge in [-0.15, -0.1) is 0 Å². The van der Waals surface area contributed by atoms with Crippen LogP contribution in [0.1, 0.15) is 35.8 Å². The molecule has 0 aliphatic carbocycles. The molecule has 3 rings (SSSR count). The first-order valence-electron chi connectivity index (χ1n) is 6.75. The van der Waals surface area contributed by atoms with Gasteiger partial charge in [0.05, 0.1) is 5.69 Å². The van der Waals surface area contributed by atoms with E-state index in [1.54, 1.807) is 0 Å². The summed E-state index contributed by atoms with van der Waals surface area (Å²) in [6.45, 7) is 1.08. The van der Waals surface area contributed by atoms with Gasteiger partial charge in [0.25, 0.3) is 0 Å². The van der Waals surface area contributed by atoms with E-state index in [1.807, 2.05) is 18.2 Å². The molecule has 2 heterocycles. The van der Waals surface area contributed by atoms with E-state index in [0.717, 1.165) is 36.3 Å². The lowest BCUT2D eigenvalue weighted by molar-refractivity contribution is 0.624. The fourth-order valence-corrected chi connectivity index (χ4v) is 2.54. The Kier molecular flexibility index (Phi) is 3.56. The molecule has 19 heavy (non-hydrogen) atoms. The molecular weight excluding hydrogens is 239 g/mol. The van der Waals surface area contributed by atoms with Gasteiger partial charge in [0, 0.05) is 18.2 Å². The average Bonchev–Trinajstić information content (AvgIpc) is 2.96. The van der Waals surface area contributed by atoms with E-state index in [9.17, 15) is 4.39 Å². The second kappa shape index (κ2) is 5.49. The van der Waals surface area contributed by atoms with Gasteiger partial charge in [-0.2, -0.15) is 0 Å². The lowest BCUT2D eigenvalue weighted by Gasteiger charge is -2.11. The molecule has 0 saturated carbocycles. The molecule has 1 saturated heterocycles. The summed E-state index contributed by atoms with van der Waals surface area (Å²) < 4.78 is 12.9. The molecule has 1 fully saturated rings.